The average molecular weight is 301 g/mol. The third kappa shape index (κ3) is 3.24. The maximum Gasteiger partial charge on any atom is 0.126 e. The van der Waals surface area contributed by atoms with Crippen molar-refractivity contribution in [2.75, 3.05) is 6.54 Å². The number of nitrogens with zero attached hydrogens (tertiary/aromatic N) is 4. The molecule has 1 N–H and O–H groups in total. The first kappa shape index (κ1) is 15.3. The highest BCUT2D eigenvalue weighted by Crippen LogP contribution is 2.32. The molecular weight excluding hydrogens is 274 g/mol. The van der Waals surface area contributed by atoms with Crippen molar-refractivity contribution >= 4 is 0 Å². The van der Waals surface area contributed by atoms with E-state index in [1.807, 2.05) is 6.20 Å². The molecule has 1 aliphatic heterocycles. The van der Waals surface area contributed by atoms with E-state index < -0.39 is 0 Å². The van der Waals surface area contributed by atoms with E-state index in [2.05, 4.69) is 46.5 Å². The van der Waals surface area contributed by atoms with E-state index in [-0.39, 0.29) is 0 Å². The van der Waals surface area contributed by atoms with E-state index in [1.165, 1.54) is 37.2 Å². The summed E-state index contributed by atoms with van der Waals surface area (Å²) < 4.78 is 2.18. The number of nitrogens with one attached hydrogen (secondary N) is 1. The summed E-state index contributed by atoms with van der Waals surface area (Å²) in [4.78, 5) is 15.3. The largest absolute Gasteiger partial charge is 0.345 e. The number of aryl methyl sites for hydroxylation is 3. The Hall–Kier alpha value is -1.62. The molecule has 0 radical (unpaired) electrons. The van der Waals surface area contributed by atoms with E-state index in [4.69, 9.17) is 4.98 Å². The van der Waals surface area contributed by atoms with Gasteiger partial charge in [-0.2, -0.15) is 0 Å². The summed E-state index contributed by atoms with van der Waals surface area (Å²) in [5.74, 6) is 2.32. The van der Waals surface area contributed by atoms with Gasteiger partial charge in [0.2, 0.25) is 0 Å². The Morgan fingerprint density at radius 2 is 2.27 bits per heavy atom. The molecule has 0 bridgehead atoms. The van der Waals surface area contributed by atoms with Crippen molar-refractivity contribution in [3.05, 3.63) is 35.4 Å². The van der Waals surface area contributed by atoms with Crippen molar-refractivity contribution in [1.82, 2.24) is 24.4 Å². The van der Waals surface area contributed by atoms with Gasteiger partial charge in [-0.15, -0.1) is 0 Å². The molecule has 5 heteroatoms. The molecule has 2 aromatic rings. The predicted octanol–water partition coefficient (Wildman–Crippen LogP) is 3.13. The Morgan fingerprint density at radius 3 is 3.00 bits per heavy atom. The number of likely N-dealkylation sites (tertiary alicyclic amines) is 1. The summed E-state index contributed by atoms with van der Waals surface area (Å²) >= 11 is 0. The molecule has 0 aromatic carbocycles. The van der Waals surface area contributed by atoms with E-state index in [9.17, 15) is 0 Å². The van der Waals surface area contributed by atoms with Crippen molar-refractivity contribution in [2.24, 2.45) is 7.05 Å². The Morgan fingerprint density at radius 1 is 1.41 bits per heavy atom. The van der Waals surface area contributed by atoms with Crippen LogP contribution in [-0.2, 0) is 20.0 Å². The van der Waals surface area contributed by atoms with Gasteiger partial charge in [-0.3, -0.25) is 4.90 Å². The fourth-order valence-electron chi connectivity index (χ4n) is 3.43. The van der Waals surface area contributed by atoms with Crippen LogP contribution in [0.4, 0.5) is 0 Å². The molecule has 0 aliphatic carbocycles. The van der Waals surface area contributed by atoms with E-state index in [1.54, 1.807) is 0 Å². The van der Waals surface area contributed by atoms with Gasteiger partial charge in [0.05, 0.1) is 11.7 Å². The van der Waals surface area contributed by atoms with E-state index >= 15 is 0 Å². The van der Waals surface area contributed by atoms with Crippen LogP contribution in [0.1, 0.15) is 61.7 Å². The SMILES string of the molecule is CCCCc1ncc(CN2CCCC2c2nc(C)cn2C)[nH]1. The number of aromatic amines is 1. The Bertz CT molecular complexity index is 612. The Kier molecular flexibility index (Phi) is 4.62. The lowest BCUT2D eigenvalue weighted by molar-refractivity contribution is 0.234. The number of hydrogen-bond donors (Lipinski definition) is 1. The number of rotatable bonds is 6. The molecule has 1 fully saturated rings. The molecule has 22 heavy (non-hydrogen) atoms. The first-order chi connectivity index (χ1) is 10.7. The summed E-state index contributed by atoms with van der Waals surface area (Å²) in [6.45, 7) is 6.36. The normalized spacial score (nSPS) is 19.1. The maximum absolute atomic E-state index is 4.73. The van der Waals surface area contributed by atoms with Crippen LogP contribution in [0.5, 0.6) is 0 Å². The fourth-order valence-corrected chi connectivity index (χ4v) is 3.43. The highest BCUT2D eigenvalue weighted by atomic mass is 15.2. The first-order valence-corrected chi connectivity index (χ1v) is 8.44. The molecule has 3 rings (SSSR count). The minimum Gasteiger partial charge on any atom is -0.345 e. The van der Waals surface area contributed by atoms with Gasteiger partial charge in [0.15, 0.2) is 0 Å². The molecule has 0 saturated carbocycles. The lowest BCUT2D eigenvalue weighted by Gasteiger charge is -2.23. The van der Waals surface area contributed by atoms with Crippen LogP contribution in [0.3, 0.4) is 0 Å². The number of unbranched alkanes of at least 4 members (excludes halogenated alkanes) is 1. The summed E-state index contributed by atoms with van der Waals surface area (Å²) in [6.07, 6.45) is 10.0. The minimum atomic E-state index is 0.432. The van der Waals surface area contributed by atoms with Crippen molar-refractivity contribution in [3.63, 3.8) is 0 Å². The Balaban J connectivity index is 1.68. The van der Waals surface area contributed by atoms with Crippen molar-refractivity contribution in [3.8, 4) is 0 Å². The summed E-state index contributed by atoms with van der Waals surface area (Å²) in [6, 6.07) is 0.432. The zero-order valence-electron chi connectivity index (χ0n) is 14.0. The molecule has 0 amide bonds. The maximum atomic E-state index is 4.73. The molecular formula is C17H27N5. The standard InChI is InChI=1S/C17H27N5/c1-4-5-8-16-18-10-14(20-16)12-22-9-6-7-15(22)17-19-13(2)11-21(17)3/h10-11,15H,4-9,12H2,1-3H3,(H,18,20). The zero-order valence-corrected chi connectivity index (χ0v) is 14.0. The van der Waals surface area contributed by atoms with Crippen molar-refractivity contribution in [2.45, 2.75) is 58.5 Å². The van der Waals surface area contributed by atoms with E-state index in [0.29, 0.717) is 6.04 Å². The van der Waals surface area contributed by atoms with Crippen LogP contribution in [0.15, 0.2) is 12.4 Å². The number of hydrogen-bond acceptors (Lipinski definition) is 3. The van der Waals surface area contributed by atoms with Gasteiger partial charge in [0.25, 0.3) is 0 Å². The topological polar surface area (TPSA) is 49.7 Å². The second kappa shape index (κ2) is 6.65. The monoisotopic (exact) mass is 301 g/mol. The highest BCUT2D eigenvalue weighted by Gasteiger charge is 2.29. The van der Waals surface area contributed by atoms with Gasteiger partial charge in [-0.25, -0.2) is 9.97 Å². The summed E-state index contributed by atoms with van der Waals surface area (Å²) in [5, 5.41) is 0. The predicted molar refractivity (Wildman–Crippen MR) is 87.5 cm³/mol. The highest BCUT2D eigenvalue weighted by molar-refractivity contribution is 5.09. The average Bonchev–Trinajstić information content (AvgIpc) is 3.18. The zero-order chi connectivity index (χ0) is 15.5. The van der Waals surface area contributed by atoms with Gasteiger partial charge in [0.1, 0.15) is 11.6 Å². The quantitative estimate of drug-likeness (QED) is 0.892. The molecule has 0 spiro atoms. The second-order valence-corrected chi connectivity index (χ2v) is 6.44. The summed E-state index contributed by atoms with van der Waals surface area (Å²) in [5.41, 5.74) is 2.33. The molecule has 1 saturated heterocycles. The fraction of sp³-hybridized carbons (Fsp3) is 0.647. The molecule has 1 aliphatic rings. The second-order valence-electron chi connectivity index (χ2n) is 6.44. The molecule has 2 aromatic heterocycles. The smallest absolute Gasteiger partial charge is 0.126 e. The number of imidazole rings is 2. The molecule has 5 nitrogen and oxygen atoms in total. The van der Waals surface area contributed by atoms with Gasteiger partial charge < -0.3 is 9.55 Å². The lowest BCUT2D eigenvalue weighted by Crippen LogP contribution is -2.25. The third-order valence-electron chi connectivity index (χ3n) is 4.52. The molecule has 1 atom stereocenters. The Labute approximate surface area is 132 Å². The van der Waals surface area contributed by atoms with Gasteiger partial charge in [0, 0.05) is 38.1 Å². The van der Waals surface area contributed by atoms with Crippen LogP contribution in [0, 0.1) is 6.92 Å². The molecule has 3 heterocycles. The summed E-state index contributed by atoms with van der Waals surface area (Å²) in [7, 11) is 2.10. The number of aromatic nitrogens is 4. The van der Waals surface area contributed by atoms with Crippen LogP contribution in [-0.4, -0.2) is 31.0 Å². The molecule has 1 unspecified atom stereocenters. The third-order valence-corrected chi connectivity index (χ3v) is 4.52. The molecule has 120 valence electrons. The van der Waals surface area contributed by atoms with Crippen molar-refractivity contribution < 1.29 is 0 Å². The van der Waals surface area contributed by atoms with Crippen molar-refractivity contribution in [1.29, 1.82) is 0 Å². The lowest BCUT2D eigenvalue weighted by atomic mass is 10.2. The van der Waals surface area contributed by atoms with Gasteiger partial charge >= 0.3 is 0 Å². The van der Waals surface area contributed by atoms with Gasteiger partial charge in [-0.05, 0) is 32.7 Å². The van der Waals surface area contributed by atoms with Crippen LogP contribution < -0.4 is 0 Å². The van der Waals surface area contributed by atoms with Gasteiger partial charge in [-0.1, -0.05) is 13.3 Å². The first-order valence-electron chi connectivity index (χ1n) is 8.44. The minimum absolute atomic E-state index is 0.432. The van der Waals surface area contributed by atoms with E-state index in [0.717, 1.165) is 31.0 Å². The number of H-pyrrole nitrogens is 1. The van der Waals surface area contributed by atoms with Crippen LogP contribution in [0.25, 0.3) is 0 Å². The van der Waals surface area contributed by atoms with Crippen LogP contribution in [0.2, 0.25) is 0 Å². The van der Waals surface area contributed by atoms with Crippen LogP contribution >= 0.6 is 0 Å².